The molecule has 0 aromatic carbocycles. The SMILES string of the molecule is CCc1nc(C(C)NCc2cn(C(C)(C)C)nn2)cs1. The van der Waals surface area contributed by atoms with E-state index < -0.39 is 0 Å². The molecule has 0 amide bonds. The average molecular weight is 293 g/mol. The molecule has 0 radical (unpaired) electrons. The van der Waals surface area contributed by atoms with E-state index in [0.29, 0.717) is 6.54 Å². The lowest BCUT2D eigenvalue weighted by Crippen LogP contribution is -2.22. The van der Waals surface area contributed by atoms with Gasteiger partial charge in [-0.1, -0.05) is 12.1 Å². The Bertz CT molecular complexity index is 552. The second-order valence-corrected chi connectivity index (χ2v) is 6.89. The largest absolute Gasteiger partial charge is 0.303 e. The van der Waals surface area contributed by atoms with Crippen molar-refractivity contribution in [2.75, 3.05) is 0 Å². The smallest absolute Gasteiger partial charge is 0.0965 e. The quantitative estimate of drug-likeness (QED) is 0.921. The molecule has 1 unspecified atom stereocenters. The van der Waals surface area contributed by atoms with Crippen LogP contribution in [0.1, 0.15) is 57.1 Å². The molecule has 2 aromatic heterocycles. The van der Waals surface area contributed by atoms with E-state index in [1.807, 2.05) is 10.9 Å². The van der Waals surface area contributed by atoms with Crippen molar-refractivity contribution in [1.29, 1.82) is 0 Å². The van der Waals surface area contributed by atoms with Gasteiger partial charge in [0, 0.05) is 18.0 Å². The van der Waals surface area contributed by atoms with Crippen molar-refractivity contribution < 1.29 is 0 Å². The number of rotatable bonds is 5. The van der Waals surface area contributed by atoms with Crippen molar-refractivity contribution in [3.63, 3.8) is 0 Å². The number of thiazole rings is 1. The van der Waals surface area contributed by atoms with Crippen LogP contribution in [0.25, 0.3) is 0 Å². The van der Waals surface area contributed by atoms with Gasteiger partial charge in [-0.25, -0.2) is 9.67 Å². The van der Waals surface area contributed by atoms with Crippen molar-refractivity contribution in [3.8, 4) is 0 Å². The lowest BCUT2D eigenvalue weighted by atomic mass is 10.1. The Hall–Kier alpha value is -1.27. The second kappa shape index (κ2) is 6.01. The summed E-state index contributed by atoms with van der Waals surface area (Å²) in [6.07, 6.45) is 3.00. The molecule has 0 aliphatic heterocycles. The fourth-order valence-corrected chi connectivity index (χ4v) is 2.59. The topological polar surface area (TPSA) is 55.6 Å². The van der Waals surface area contributed by atoms with Gasteiger partial charge in [-0.05, 0) is 34.1 Å². The molecular weight excluding hydrogens is 270 g/mol. The molecule has 0 bridgehead atoms. The molecule has 1 atom stereocenters. The third kappa shape index (κ3) is 3.64. The Kier molecular flexibility index (Phi) is 4.55. The van der Waals surface area contributed by atoms with E-state index in [9.17, 15) is 0 Å². The number of hydrogen-bond acceptors (Lipinski definition) is 5. The number of nitrogens with one attached hydrogen (secondary N) is 1. The molecule has 1 N–H and O–H groups in total. The Morgan fingerprint density at radius 3 is 2.70 bits per heavy atom. The van der Waals surface area contributed by atoms with Crippen LogP contribution in [0.5, 0.6) is 0 Å². The molecular formula is C14H23N5S. The molecule has 0 aliphatic carbocycles. The highest BCUT2D eigenvalue weighted by Crippen LogP contribution is 2.17. The van der Waals surface area contributed by atoms with E-state index in [-0.39, 0.29) is 11.6 Å². The lowest BCUT2D eigenvalue weighted by molar-refractivity contribution is 0.347. The molecule has 2 heterocycles. The molecule has 2 rings (SSSR count). The molecule has 20 heavy (non-hydrogen) atoms. The van der Waals surface area contributed by atoms with Gasteiger partial charge >= 0.3 is 0 Å². The van der Waals surface area contributed by atoms with Gasteiger partial charge in [0.1, 0.15) is 0 Å². The van der Waals surface area contributed by atoms with Crippen LogP contribution >= 0.6 is 11.3 Å². The Labute approximate surface area is 124 Å². The van der Waals surface area contributed by atoms with Crippen molar-refractivity contribution in [2.24, 2.45) is 0 Å². The Balaban J connectivity index is 1.93. The van der Waals surface area contributed by atoms with E-state index in [4.69, 9.17) is 0 Å². The van der Waals surface area contributed by atoms with Crippen LogP contribution in [0.15, 0.2) is 11.6 Å². The fraction of sp³-hybridized carbons (Fsp3) is 0.643. The van der Waals surface area contributed by atoms with Gasteiger partial charge in [-0.2, -0.15) is 0 Å². The van der Waals surface area contributed by atoms with Crippen LogP contribution < -0.4 is 5.32 Å². The minimum atomic E-state index is -0.0260. The molecule has 0 saturated carbocycles. The van der Waals surface area contributed by atoms with Crippen molar-refractivity contribution in [1.82, 2.24) is 25.3 Å². The minimum Gasteiger partial charge on any atom is -0.303 e. The zero-order valence-corrected chi connectivity index (χ0v) is 13.7. The monoisotopic (exact) mass is 293 g/mol. The van der Waals surface area contributed by atoms with Crippen LogP contribution in [0, 0.1) is 0 Å². The standard InChI is InChI=1S/C14H23N5S/c1-6-13-16-12(9-20-13)10(2)15-7-11-8-19(18-17-11)14(3,4)5/h8-10,15H,6-7H2,1-5H3. The van der Waals surface area contributed by atoms with E-state index in [1.54, 1.807) is 11.3 Å². The van der Waals surface area contributed by atoms with Gasteiger partial charge < -0.3 is 5.32 Å². The third-order valence-electron chi connectivity index (χ3n) is 3.13. The fourth-order valence-electron chi connectivity index (χ4n) is 1.76. The van der Waals surface area contributed by atoms with Crippen molar-refractivity contribution in [3.05, 3.63) is 28.0 Å². The maximum atomic E-state index is 4.60. The molecule has 2 aromatic rings. The molecule has 6 heteroatoms. The first-order chi connectivity index (χ1) is 9.40. The normalized spacial score (nSPS) is 13.7. The predicted octanol–water partition coefficient (Wildman–Crippen LogP) is 2.90. The maximum Gasteiger partial charge on any atom is 0.0965 e. The summed E-state index contributed by atoms with van der Waals surface area (Å²) in [4.78, 5) is 4.60. The van der Waals surface area contributed by atoms with Gasteiger partial charge in [0.15, 0.2) is 0 Å². The summed E-state index contributed by atoms with van der Waals surface area (Å²) in [7, 11) is 0. The number of hydrogen-bond donors (Lipinski definition) is 1. The Morgan fingerprint density at radius 1 is 1.40 bits per heavy atom. The van der Waals surface area contributed by atoms with Crippen LogP contribution in [-0.4, -0.2) is 20.0 Å². The third-order valence-corrected chi connectivity index (χ3v) is 4.14. The van der Waals surface area contributed by atoms with E-state index >= 15 is 0 Å². The van der Waals surface area contributed by atoms with Gasteiger partial charge in [0.25, 0.3) is 0 Å². The van der Waals surface area contributed by atoms with Crippen LogP contribution in [-0.2, 0) is 18.5 Å². The van der Waals surface area contributed by atoms with Gasteiger partial charge in [0.2, 0.25) is 0 Å². The molecule has 0 fully saturated rings. The van der Waals surface area contributed by atoms with Crippen LogP contribution in [0.2, 0.25) is 0 Å². The number of aryl methyl sites for hydroxylation is 1. The van der Waals surface area contributed by atoms with Crippen LogP contribution in [0.4, 0.5) is 0 Å². The summed E-state index contributed by atoms with van der Waals surface area (Å²) in [6, 6.07) is 0.228. The van der Waals surface area contributed by atoms with Crippen molar-refractivity contribution in [2.45, 2.75) is 59.2 Å². The zero-order chi connectivity index (χ0) is 14.8. The van der Waals surface area contributed by atoms with E-state index in [0.717, 1.165) is 17.8 Å². The minimum absolute atomic E-state index is 0.0260. The maximum absolute atomic E-state index is 4.60. The van der Waals surface area contributed by atoms with Gasteiger partial charge in [-0.3, -0.25) is 0 Å². The second-order valence-electron chi connectivity index (χ2n) is 5.95. The molecule has 110 valence electrons. The first-order valence-electron chi connectivity index (χ1n) is 6.99. The highest BCUT2D eigenvalue weighted by molar-refractivity contribution is 7.09. The first kappa shape index (κ1) is 15.1. The van der Waals surface area contributed by atoms with E-state index in [1.165, 1.54) is 5.01 Å². The van der Waals surface area contributed by atoms with Gasteiger partial charge in [-0.15, -0.1) is 16.4 Å². The highest BCUT2D eigenvalue weighted by atomic mass is 32.1. The summed E-state index contributed by atoms with van der Waals surface area (Å²) in [6.45, 7) is 11.3. The summed E-state index contributed by atoms with van der Waals surface area (Å²) >= 11 is 1.72. The first-order valence-corrected chi connectivity index (χ1v) is 7.87. The summed E-state index contributed by atoms with van der Waals surface area (Å²) in [5.41, 5.74) is 2.04. The number of nitrogens with zero attached hydrogens (tertiary/aromatic N) is 4. The number of aromatic nitrogens is 4. The van der Waals surface area contributed by atoms with Gasteiger partial charge in [0.05, 0.1) is 28.1 Å². The predicted molar refractivity (Wildman–Crippen MR) is 81.8 cm³/mol. The highest BCUT2D eigenvalue weighted by Gasteiger charge is 2.15. The lowest BCUT2D eigenvalue weighted by Gasteiger charge is -2.17. The average Bonchev–Trinajstić information content (AvgIpc) is 3.04. The Morgan fingerprint density at radius 2 is 2.15 bits per heavy atom. The molecule has 0 aliphatic rings. The molecule has 5 nitrogen and oxygen atoms in total. The molecule has 0 saturated heterocycles. The van der Waals surface area contributed by atoms with Crippen LogP contribution in [0.3, 0.4) is 0 Å². The zero-order valence-electron chi connectivity index (χ0n) is 12.8. The van der Waals surface area contributed by atoms with Crippen molar-refractivity contribution >= 4 is 11.3 Å². The summed E-state index contributed by atoms with van der Waals surface area (Å²) < 4.78 is 1.90. The molecule has 0 spiro atoms. The van der Waals surface area contributed by atoms with E-state index in [2.05, 4.69) is 60.6 Å². The summed E-state index contributed by atoms with van der Waals surface area (Å²) in [5.74, 6) is 0. The summed E-state index contributed by atoms with van der Waals surface area (Å²) in [5, 5.41) is 15.1.